The molecule has 160 valence electrons. The maximum absolute atomic E-state index is 14.1. The molecule has 0 aliphatic heterocycles. The predicted molar refractivity (Wildman–Crippen MR) is 121 cm³/mol. The van der Waals surface area contributed by atoms with Crippen LogP contribution in [0.15, 0.2) is 36.5 Å². The van der Waals surface area contributed by atoms with Crippen molar-refractivity contribution in [3.05, 3.63) is 52.9 Å². The Kier molecular flexibility index (Phi) is 5.30. The number of hydrogen-bond acceptors (Lipinski definition) is 4. The highest BCUT2D eigenvalue weighted by Crippen LogP contribution is 2.39. The van der Waals surface area contributed by atoms with E-state index >= 15 is 0 Å². The molecule has 2 aliphatic rings. The van der Waals surface area contributed by atoms with Gasteiger partial charge in [0.25, 0.3) is 0 Å². The Balaban J connectivity index is 1.64. The molecule has 3 aromatic rings. The van der Waals surface area contributed by atoms with Gasteiger partial charge in [-0.15, -0.1) is 0 Å². The molecule has 0 spiro atoms. The van der Waals surface area contributed by atoms with Crippen LogP contribution < -0.4 is 5.32 Å². The van der Waals surface area contributed by atoms with Crippen molar-refractivity contribution < 1.29 is 14.3 Å². The van der Waals surface area contributed by atoms with Gasteiger partial charge < -0.3 is 10.4 Å². The number of halogens is 2. The van der Waals surface area contributed by atoms with E-state index in [1.54, 1.807) is 12.3 Å². The molecule has 5 rings (SSSR count). The molecular formula is C25H24ClFN2O2. The second kappa shape index (κ2) is 8.12. The van der Waals surface area contributed by atoms with Crippen molar-refractivity contribution in [3.8, 4) is 16.9 Å². The zero-order valence-corrected chi connectivity index (χ0v) is 17.9. The van der Waals surface area contributed by atoms with Crippen LogP contribution in [-0.4, -0.2) is 21.9 Å². The first-order valence-electron chi connectivity index (χ1n) is 10.9. The number of phenols is 1. The number of ketones is 1. The molecule has 2 fully saturated rings. The van der Waals surface area contributed by atoms with Crippen LogP contribution in [0.25, 0.3) is 22.0 Å². The van der Waals surface area contributed by atoms with Crippen LogP contribution in [0.1, 0.15) is 55.3 Å². The Labute approximate surface area is 185 Å². The number of benzene rings is 2. The van der Waals surface area contributed by atoms with E-state index in [9.17, 15) is 14.3 Å². The second-order valence-corrected chi connectivity index (χ2v) is 9.09. The summed E-state index contributed by atoms with van der Waals surface area (Å²) in [6, 6.07) is 8.80. The summed E-state index contributed by atoms with van der Waals surface area (Å²) < 4.78 is 14.1. The third-order valence-corrected chi connectivity index (χ3v) is 6.67. The monoisotopic (exact) mass is 438 g/mol. The van der Waals surface area contributed by atoms with Crippen LogP contribution in [0.5, 0.6) is 5.75 Å². The second-order valence-electron chi connectivity index (χ2n) is 8.69. The van der Waals surface area contributed by atoms with Gasteiger partial charge in [-0.2, -0.15) is 0 Å². The maximum atomic E-state index is 14.1. The average Bonchev–Trinajstić information content (AvgIpc) is 3.63. The summed E-state index contributed by atoms with van der Waals surface area (Å²) in [5.74, 6) is -1.07. The molecule has 0 unspecified atom stereocenters. The van der Waals surface area contributed by atoms with Gasteiger partial charge >= 0.3 is 0 Å². The number of pyridine rings is 1. The van der Waals surface area contributed by atoms with E-state index < -0.39 is 11.6 Å². The molecule has 1 aromatic heterocycles. The summed E-state index contributed by atoms with van der Waals surface area (Å²) in [6.07, 6.45) is 9.35. The topological polar surface area (TPSA) is 62.2 Å². The highest BCUT2D eigenvalue weighted by atomic mass is 35.5. The van der Waals surface area contributed by atoms with E-state index in [0.29, 0.717) is 17.2 Å². The number of nitrogens with one attached hydrogen (secondary N) is 1. The van der Waals surface area contributed by atoms with Gasteiger partial charge in [0.1, 0.15) is 0 Å². The largest absolute Gasteiger partial charge is 0.504 e. The van der Waals surface area contributed by atoms with Gasteiger partial charge in [-0.05, 0) is 61.1 Å². The van der Waals surface area contributed by atoms with Crippen LogP contribution in [0.4, 0.5) is 10.1 Å². The number of anilines is 1. The van der Waals surface area contributed by atoms with Crippen molar-refractivity contribution >= 4 is 34.0 Å². The predicted octanol–water partition coefficient (Wildman–Crippen LogP) is 6.74. The molecular weight excluding hydrogens is 415 g/mol. The van der Waals surface area contributed by atoms with Gasteiger partial charge in [-0.1, -0.05) is 36.9 Å². The number of rotatable bonds is 5. The lowest BCUT2D eigenvalue weighted by atomic mass is 9.93. The molecule has 0 bridgehead atoms. The third-order valence-electron chi connectivity index (χ3n) is 6.39. The minimum Gasteiger partial charge on any atom is -0.504 e. The number of aromatic hydroxyl groups is 1. The van der Waals surface area contributed by atoms with Crippen molar-refractivity contribution in [1.29, 1.82) is 0 Å². The Hall–Kier alpha value is -2.66. The van der Waals surface area contributed by atoms with Crippen molar-refractivity contribution in [2.45, 2.75) is 51.0 Å². The Morgan fingerprint density at radius 1 is 1.06 bits per heavy atom. The van der Waals surface area contributed by atoms with Gasteiger partial charge in [0.05, 0.1) is 21.8 Å². The van der Waals surface area contributed by atoms with Crippen LogP contribution in [0.2, 0.25) is 5.02 Å². The van der Waals surface area contributed by atoms with Crippen molar-refractivity contribution in [2.24, 2.45) is 5.92 Å². The molecule has 6 heteroatoms. The molecule has 1 heterocycles. The number of carbonyl (C=O) groups excluding carboxylic acids is 1. The zero-order valence-electron chi connectivity index (χ0n) is 17.1. The minimum atomic E-state index is -0.765. The summed E-state index contributed by atoms with van der Waals surface area (Å²) in [4.78, 5) is 17.6. The Bertz CT molecular complexity index is 1150. The molecule has 2 aromatic carbocycles. The maximum Gasteiger partial charge on any atom is 0.170 e. The Morgan fingerprint density at radius 2 is 1.84 bits per heavy atom. The van der Waals surface area contributed by atoms with E-state index in [1.807, 2.05) is 18.2 Å². The normalized spacial score (nSPS) is 17.1. The zero-order chi connectivity index (χ0) is 21.5. The third kappa shape index (κ3) is 3.99. The number of Topliss-reactive ketones (excluding diaryl/α,β-unsaturated/α-hetero) is 1. The van der Waals surface area contributed by atoms with Gasteiger partial charge in [-0.25, -0.2) is 4.39 Å². The van der Waals surface area contributed by atoms with Crippen molar-refractivity contribution in [1.82, 2.24) is 4.98 Å². The van der Waals surface area contributed by atoms with E-state index in [0.717, 1.165) is 47.8 Å². The lowest BCUT2D eigenvalue weighted by Gasteiger charge is -2.26. The first-order chi connectivity index (χ1) is 15.0. The number of aromatic nitrogens is 1. The first-order valence-corrected chi connectivity index (χ1v) is 11.3. The fourth-order valence-corrected chi connectivity index (χ4v) is 4.67. The van der Waals surface area contributed by atoms with Gasteiger partial charge in [-0.3, -0.25) is 9.78 Å². The fraction of sp³-hybridized carbons (Fsp3) is 0.360. The SMILES string of the molecule is O=C(c1cnc2ccc(-c3cc(F)c(O)c(Cl)c3)cc2c1NC1CCCCC1)C1CC1. The fourth-order valence-electron chi connectivity index (χ4n) is 4.46. The van der Waals surface area contributed by atoms with Crippen molar-refractivity contribution in [2.75, 3.05) is 5.32 Å². The van der Waals surface area contributed by atoms with Crippen LogP contribution >= 0.6 is 11.6 Å². The average molecular weight is 439 g/mol. The minimum absolute atomic E-state index is 0.0357. The number of carbonyl (C=O) groups is 1. The van der Waals surface area contributed by atoms with E-state index in [4.69, 9.17) is 11.6 Å². The molecule has 2 N–H and O–H groups in total. The lowest BCUT2D eigenvalue weighted by molar-refractivity contribution is 0.0968. The summed E-state index contributed by atoms with van der Waals surface area (Å²) in [5.41, 5.74) is 3.57. The van der Waals surface area contributed by atoms with Gasteiger partial charge in [0.15, 0.2) is 17.3 Å². The molecule has 2 aliphatic carbocycles. The molecule has 0 amide bonds. The van der Waals surface area contributed by atoms with E-state index in [1.165, 1.54) is 25.3 Å². The standard InChI is InChI=1S/C25H24ClFN2O2/c26-20-11-16(12-21(27)25(20)31)15-8-9-22-18(10-15)23(29-17-4-2-1-3-5-17)19(13-28-22)24(30)14-6-7-14/h8-14,17,31H,1-7H2,(H,28,29). The summed E-state index contributed by atoms with van der Waals surface area (Å²) in [7, 11) is 0. The number of fused-ring (bicyclic) bond motifs is 1. The summed E-state index contributed by atoms with van der Waals surface area (Å²) in [5, 5.41) is 14.1. The van der Waals surface area contributed by atoms with E-state index in [2.05, 4.69) is 10.3 Å². The molecule has 4 nitrogen and oxygen atoms in total. The number of nitrogens with zero attached hydrogens (tertiary/aromatic N) is 1. The Morgan fingerprint density at radius 3 is 2.55 bits per heavy atom. The summed E-state index contributed by atoms with van der Waals surface area (Å²) >= 11 is 6.00. The first kappa shape index (κ1) is 20.3. The quantitative estimate of drug-likeness (QED) is 0.433. The molecule has 31 heavy (non-hydrogen) atoms. The number of hydrogen-bond donors (Lipinski definition) is 2. The molecule has 0 radical (unpaired) electrons. The van der Waals surface area contributed by atoms with Crippen LogP contribution in [0.3, 0.4) is 0 Å². The van der Waals surface area contributed by atoms with Crippen LogP contribution in [-0.2, 0) is 0 Å². The highest BCUT2D eigenvalue weighted by molar-refractivity contribution is 6.32. The van der Waals surface area contributed by atoms with Crippen LogP contribution in [0, 0.1) is 11.7 Å². The molecule has 0 atom stereocenters. The van der Waals surface area contributed by atoms with Crippen molar-refractivity contribution in [3.63, 3.8) is 0 Å². The highest BCUT2D eigenvalue weighted by Gasteiger charge is 2.33. The van der Waals surface area contributed by atoms with Gasteiger partial charge in [0.2, 0.25) is 0 Å². The summed E-state index contributed by atoms with van der Waals surface area (Å²) in [6.45, 7) is 0. The number of phenolic OH excluding ortho intramolecular Hbond substituents is 1. The molecule has 2 saturated carbocycles. The van der Waals surface area contributed by atoms with E-state index in [-0.39, 0.29) is 16.7 Å². The molecule has 0 saturated heterocycles. The lowest BCUT2D eigenvalue weighted by Crippen LogP contribution is -2.24. The van der Waals surface area contributed by atoms with Gasteiger partial charge in [0, 0.05) is 23.5 Å². The smallest absolute Gasteiger partial charge is 0.170 e.